The third-order valence-corrected chi connectivity index (χ3v) is 4.77. The lowest BCUT2D eigenvalue weighted by molar-refractivity contribution is -0.127. The number of amides is 2. The molecule has 1 saturated heterocycles. The molecule has 2 N–H and O–H groups in total. The number of carbonyl (C=O) groups excluding carboxylic acids is 2. The van der Waals surface area contributed by atoms with Gasteiger partial charge in [-0.2, -0.15) is 0 Å². The topological polar surface area (TPSA) is 68.4 Å². The van der Waals surface area contributed by atoms with Crippen LogP contribution in [0.1, 0.15) is 24.3 Å². The van der Waals surface area contributed by atoms with E-state index in [2.05, 4.69) is 29.0 Å². The van der Waals surface area contributed by atoms with Crippen LogP contribution in [-0.2, 0) is 4.79 Å². The number of benzene rings is 1. The van der Waals surface area contributed by atoms with Gasteiger partial charge in [0.1, 0.15) is 17.6 Å². The minimum atomic E-state index is -0.545. The van der Waals surface area contributed by atoms with Crippen molar-refractivity contribution in [2.24, 2.45) is 0 Å². The van der Waals surface area contributed by atoms with E-state index in [0.29, 0.717) is 42.3 Å². The Morgan fingerprint density at radius 3 is 2.72 bits per heavy atom. The number of rotatable bonds is 3. The minimum absolute atomic E-state index is 0.180. The Morgan fingerprint density at radius 2 is 2.04 bits per heavy atom. The lowest BCUT2D eigenvalue weighted by Crippen LogP contribution is -2.61. The van der Waals surface area contributed by atoms with Gasteiger partial charge in [0.05, 0.1) is 0 Å². The second-order valence-corrected chi connectivity index (χ2v) is 6.63. The predicted molar refractivity (Wildman–Crippen MR) is 93.9 cm³/mol. The largest absolute Gasteiger partial charge is 0.357 e. The molecule has 0 aliphatic carbocycles. The molecule has 6 nitrogen and oxygen atoms in total. The molecule has 0 bridgehead atoms. The number of piperazine rings is 1. The standard InChI is InChI=1S/C18H23FN4O2/c1-11(2)22-6-7-23(16(10-22)17(24)20-3)18(25)15-9-12-8-13(19)4-5-14(12)21-15/h4-5,8-9,11,16,21H,6-7,10H2,1-3H3,(H,20,24)/t16-/m1/s1. The van der Waals surface area contributed by atoms with Crippen molar-refractivity contribution in [3.8, 4) is 0 Å². The summed E-state index contributed by atoms with van der Waals surface area (Å²) in [5.41, 5.74) is 1.06. The lowest BCUT2D eigenvalue weighted by atomic mass is 10.1. The second-order valence-electron chi connectivity index (χ2n) is 6.63. The number of carbonyl (C=O) groups is 2. The highest BCUT2D eigenvalue weighted by Crippen LogP contribution is 2.20. The van der Waals surface area contributed by atoms with Gasteiger partial charge in [-0.25, -0.2) is 4.39 Å². The van der Waals surface area contributed by atoms with Gasteiger partial charge in [0.2, 0.25) is 5.91 Å². The van der Waals surface area contributed by atoms with Gasteiger partial charge in [0, 0.05) is 43.6 Å². The molecule has 1 atom stereocenters. The molecule has 134 valence electrons. The molecule has 3 rings (SSSR count). The maximum Gasteiger partial charge on any atom is 0.271 e. The molecule has 1 aliphatic rings. The zero-order valence-electron chi connectivity index (χ0n) is 14.7. The van der Waals surface area contributed by atoms with Crippen molar-refractivity contribution in [3.63, 3.8) is 0 Å². The molecule has 2 heterocycles. The summed E-state index contributed by atoms with van der Waals surface area (Å²) in [5.74, 6) is -0.770. The van der Waals surface area contributed by atoms with E-state index in [4.69, 9.17) is 0 Å². The Hall–Kier alpha value is -2.41. The molecule has 0 radical (unpaired) electrons. The molecule has 25 heavy (non-hydrogen) atoms. The summed E-state index contributed by atoms with van der Waals surface area (Å²) < 4.78 is 13.4. The highest BCUT2D eigenvalue weighted by atomic mass is 19.1. The molecule has 1 aliphatic heterocycles. The molecule has 1 aromatic carbocycles. The van der Waals surface area contributed by atoms with Crippen LogP contribution in [0.3, 0.4) is 0 Å². The molecule has 1 fully saturated rings. The van der Waals surface area contributed by atoms with Gasteiger partial charge >= 0.3 is 0 Å². The Kier molecular flexibility index (Phi) is 4.76. The highest BCUT2D eigenvalue weighted by Gasteiger charge is 2.36. The molecule has 1 aromatic heterocycles. The van der Waals surface area contributed by atoms with Gasteiger partial charge in [-0.1, -0.05) is 0 Å². The smallest absolute Gasteiger partial charge is 0.271 e. The van der Waals surface area contributed by atoms with Gasteiger partial charge in [0.15, 0.2) is 0 Å². The van der Waals surface area contributed by atoms with Crippen LogP contribution in [0, 0.1) is 5.82 Å². The minimum Gasteiger partial charge on any atom is -0.357 e. The molecule has 2 aromatic rings. The van der Waals surface area contributed by atoms with Crippen molar-refractivity contribution < 1.29 is 14.0 Å². The quantitative estimate of drug-likeness (QED) is 0.887. The number of fused-ring (bicyclic) bond motifs is 1. The molecular weight excluding hydrogens is 323 g/mol. The Morgan fingerprint density at radius 1 is 1.28 bits per heavy atom. The van der Waals surface area contributed by atoms with Crippen molar-refractivity contribution in [1.29, 1.82) is 0 Å². The van der Waals surface area contributed by atoms with Crippen LogP contribution in [0.5, 0.6) is 0 Å². The normalized spacial score (nSPS) is 18.8. The average molecular weight is 346 g/mol. The number of aromatic amines is 1. The van der Waals surface area contributed by atoms with Crippen LogP contribution in [0.15, 0.2) is 24.3 Å². The van der Waals surface area contributed by atoms with Crippen molar-refractivity contribution in [2.75, 3.05) is 26.7 Å². The number of nitrogens with one attached hydrogen (secondary N) is 2. The van der Waals surface area contributed by atoms with E-state index in [-0.39, 0.29) is 17.6 Å². The lowest BCUT2D eigenvalue weighted by Gasteiger charge is -2.41. The number of nitrogens with zero attached hydrogens (tertiary/aromatic N) is 2. The monoisotopic (exact) mass is 346 g/mol. The first kappa shape index (κ1) is 17.4. The number of hydrogen-bond acceptors (Lipinski definition) is 3. The van der Waals surface area contributed by atoms with Crippen LogP contribution in [0.4, 0.5) is 4.39 Å². The number of aromatic nitrogens is 1. The summed E-state index contributed by atoms with van der Waals surface area (Å²) in [6.07, 6.45) is 0. The molecule has 7 heteroatoms. The third-order valence-electron chi connectivity index (χ3n) is 4.77. The van der Waals surface area contributed by atoms with Gasteiger partial charge in [0.25, 0.3) is 5.91 Å². The first-order valence-electron chi connectivity index (χ1n) is 8.45. The molecule has 2 amide bonds. The molecule has 0 unspecified atom stereocenters. The Labute approximate surface area is 146 Å². The van der Waals surface area contributed by atoms with Gasteiger partial charge in [-0.3, -0.25) is 14.5 Å². The summed E-state index contributed by atoms with van der Waals surface area (Å²) in [5, 5.41) is 3.28. The van der Waals surface area contributed by atoms with E-state index in [9.17, 15) is 14.0 Å². The van der Waals surface area contributed by atoms with Crippen molar-refractivity contribution in [3.05, 3.63) is 35.8 Å². The maximum atomic E-state index is 13.4. The second kappa shape index (κ2) is 6.84. The van der Waals surface area contributed by atoms with E-state index >= 15 is 0 Å². The maximum absolute atomic E-state index is 13.4. The fourth-order valence-corrected chi connectivity index (χ4v) is 3.28. The highest BCUT2D eigenvalue weighted by molar-refractivity contribution is 6.00. The van der Waals surface area contributed by atoms with Crippen molar-refractivity contribution in [1.82, 2.24) is 20.1 Å². The average Bonchev–Trinajstić information content (AvgIpc) is 3.02. The van der Waals surface area contributed by atoms with Gasteiger partial charge in [-0.05, 0) is 38.1 Å². The molecule has 0 spiro atoms. The van der Waals surface area contributed by atoms with E-state index in [0.717, 1.165) is 0 Å². The predicted octanol–water partition coefficient (Wildman–Crippen LogP) is 1.59. The fraction of sp³-hybridized carbons (Fsp3) is 0.444. The zero-order chi connectivity index (χ0) is 18.1. The van der Waals surface area contributed by atoms with Crippen LogP contribution in [0.25, 0.3) is 10.9 Å². The van der Waals surface area contributed by atoms with Crippen molar-refractivity contribution >= 4 is 22.7 Å². The third kappa shape index (κ3) is 3.37. The first-order valence-corrected chi connectivity index (χ1v) is 8.45. The number of halogens is 1. The SMILES string of the molecule is CNC(=O)[C@H]1CN(C(C)C)CCN1C(=O)c1cc2cc(F)ccc2[nH]1. The van der Waals surface area contributed by atoms with Crippen LogP contribution < -0.4 is 5.32 Å². The van der Waals surface area contributed by atoms with Crippen LogP contribution in [-0.4, -0.2) is 65.4 Å². The van der Waals surface area contributed by atoms with E-state index < -0.39 is 6.04 Å². The van der Waals surface area contributed by atoms with Gasteiger partial charge in [-0.15, -0.1) is 0 Å². The van der Waals surface area contributed by atoms with Crippen LogP contribution in [0.2, 0.25) is 0 Å². The molecular formula is C18H23FN4O2. The summed E-state index contributed by atoms with van der Waals surface area (Å²) >= 11 is 0. The number of likely N-dealkylation sites (N-methyl/N-ethyl adjacent to an activating group) is 1. The van der Waals surface area contributed by atoms with Gasteiger partial charge < -0.3 is 15.2 Å². The summed E-state index contributed by atoms with van der Waals surface area (Å²) in [7, 11) is 1.57. The zero-order valence-corrected chi connectivity index (χ0v) is 14.7. The van der Waals surface area contributed by atoms with E-state index in [1.165, 1.54) is 12.1 Å². The molecule has 0 saturated carbocycles. The van der Waals surface area contributed by atoms with E-state index in [1.54, 1.807) is 24.1 Å². The van der Waals surface area contributed by atoms with Crippen molar-refractivity contribution in [2.45, 2.75) is 25.9 Å². The Bertz CT molecular complexity index is 801. The van der Waals surface area contributed by atoms with Crippen LogP contribution >= 0.6 is 0 Å². The summed E-state index contributed by atoms with van der Waals surface area (Å²) in [6, 6.07) is 5.74. The number of H-pyrrole nitrogens is 1. The fourth-order valence-electron chi connectivity index (χ4n) is 3.28. The first-order chi connectivity index (χ1) is 11.9. The van der Waals surface area contributed by atoms with E-state index in [1.807, 2.05) is 0 Å². The summed E-state index contributed by atoms with van der Waals surface area (Å²) in [4.78, 5) is 32.1. The Balaban J connectivity index is 1.88. The summed E-state index contributed by atoms with van der Waals surface area (Å²) in [6.45, 7) is 5.83. The number of hydrogen-bond donors (Lipinski definition) is 2.